The Hall–Kier alpha value is -1.57. The summed E-state index contributed by atoms with van der Waals surface area (Å²) in [5.74, 6) is 0.270. The summed E-state index contributed by atoms with van der Waals surface area (Å²) in [6, 6.07) is 9.95. The lowest BCUT2D eigenvalue weighted by Crippen LogP contribution is -2.39. The Balaban J connectivity index is 0.00000200. The van der Waals surface area contributed by atoms with E-state index < -0.39 is 0 Å². The Morgan fingerprint density at radius 1 is 1.40 bits per heavy atom. The standard InChI is InChI=1S/C15H19N3O.ClH/c1-12(11-18-8-2-3-15(18)19)17-10-14-6-4-13(9-16)5-7-14;/h4-7,12,17H,2-3,8,10-11H2,1H3;1H. The van der Waals surface area contributed by atoms with Crippen molar-refractivity contribution in [2.45, 2.75) is 32.4 Å². The maximum atomic E-state index is 11.5. The lowest BCUT2D eigenvalue weighted by molar-refractivity contribution is -0.127. The summed E-state index contributed by atoms with van der Waals surface area (Å²) in [5.41, 5.74) is 1.83. The zero-order valence-corrected chi connectivity index (χ0v) is 12.4. The van der Waals surface area contributed by atoms with Gasteiger partial charge in [-0.15, -0.1) is 12.4 Å². The maximum Gasteiger partial charge on any atom is 0.222 e. The average molecular weight is 294 g/mol. The molecule has 1 aliphatic rings. The van der Waals surface area contributed by atoms with Gasteiger partial charge >= 0.3 is 0 Å². The van der Waals surface area contributed by atoms with Gasteiger partial charge in [0.25, 0.3) is 0 Å². The number of likely N-dealkylation sites (tertiary alicyclic amines) is 1. The molecule has 4 nitrogen and oxygen atoms in total. The first kappa shape index (κ1) is 16.5. The van der Waals surface area contributed by atoms with Crippen LogP contribution in [0.4, 0.5) is 0 Å². The van der Waals surface area contributed by atoms with Crippen molar-refractivity contribution in [3.05, 3.63) is 35.4 Å². The van der Waals surface area contributed by atoms with Crippen LogP contribution in [0.2, 0.25) is 0 Å². The van der Waals surface area contributed by atoms with E-state index in [2.05, 4.69) is 18.3 Å². The molecule has 1 unspecified atom stereocenters. The van der Waals surface area contributed by atoms with Crippen molar-refractivity contribution >= 4 is 18.3 Å². The Kier molecular flexibility index (Phi) is 6.50. The monoisotopic (exact) mass is 293 g/mol. The van der Waals surface area contributed by atoms with Gasteiger partial charge in [0.05, 0.1) is 11.6 Å². The number of rotatable bonds is 5. The second kappa shape index (κ2) is 7.88. The minimum Gasteiger partial charge on any atom is -0.341 e. The van der Waals surface area contributed by atoms with E-state index in [9.17, 15) is 4.79 Å². The Morgan fingerprint density at radius 2 is 2.10 bits per heavy atom. The number of nitrogens with zero attached hydrogens (tertiary/aromatic N) is 2. The topological polar surface area (TPSA) is 56.1 Å². The third-order valence-electron chi connectivity index (χ3n) is 3.40. The number of nitrogens with one attached hydrogen (secondary N) is 1. The number of carbonyl (C=O) groups excluding carboxylic acids is 1. The van der Waals surface area contributed by atoms with Crippen LogP contribution in [0.25, 0.3) is 0 Å². The van der Waals surface area contributed by atoms with Crippen LogP contribution in [0.3, 0.4) is 0 Å². The third-order valence-corrected chi connectivity index (χ3v) is 3.40. The molecule has 0 bridgehead atoms. The van der Waals surface area contributed by atoms with E-state index >= 15 is 0 Å². The van der Waals surface area contributed by atoms with E-state index in [1.807, 2.05) is 29.2 Å². The molecule has 2 rings (SSSR count). The van der Waals surface area contributed by atoms with Crippen molar-refractivity contribution in [2.24, 2.45) is 0 Å². The molecular formula is C15H20ClN3O. The molecule has 1 N–H and O–H groups in total. The van der Waals surface area contributed by atoms with Gasteiger partial charge in [0, 0.05) is 32.1 Å². The van der Waals surface area contributed by atoms with E-state index in [0.717, 1.165) is 31.6 Å². The Morgan fingerprint density at radius 3 is 2.65 bits per heavy atom. The highest BCUT2D eigenvalue weighted by Crippen LogP contribution is 2.10. The Bertz CT molecular complexity index is 481. The lowest BCUT2D eigenvalue weighted by atomic mass is 10.1. The lowest BCUT2D eigenvalue weighted by Gasteiger charge is -2.21. The van der Waals surface area contributed by atoms with E-state index in [1.165, 1.54) is 0 Å². The highest BCUT2D eigenvalue weighted by molar-refractivity contribution is 5.85. The van der Waals surface area contributed by atoms with Crippen molar-refractivity contribution in [1.29, 1.82) is 5.26 Å². The second-order valence-electron chi connectivity index (χ2n) is 5.03. The summed E-state index contributed by atoms with van der Waals surface area (Å²) in [6.07, 6.45) is 1.68. The zero-order chi connectivity index (χ0) is 13.7. The molecule has 0 saturated carbocycles. The molecule has 1 saturated heterocycles. The van der Waals surface area contributed by atoms with Gasteiger partial charge in [-0.05, 0) is 31.0 Å². The first-order valence-electron chi connectivity index (χ1n) is 6.69. The van der Waals surface area contributed by atoms with Crippen LogP contribution in [-0.2, 0) is 11.3 Å². The summed E-state index contributed by atoms with van der Waals surface area (Å²) in [6.45, 7) is 4.51. The van der Waals surface area contributed by atoms with Gasteiger partial charge in [0.15, 0.2) is 0 Å². The van der Waals surface area contributed by atoms with Crippen molar-refractivity contribution in [3.63, 3.8) is 0 Å². The maximum absolute atomic E-state index is 11.5. The fraction of sp³-hybridized carbons (Fsp3) is 0.467. The summed E-state index contributed by atoms with van der Waals surface area (Å²) in [5, 5.41) is 12.1. The van der Waals surface area contributed by atoms with Gasteiger partial charge in [-0.1, -0.05) is 12.1 Å². The van der Waals surface area contributed by atoms with Crippen LogP contribution in [0, 0.1) is 11.3 Å². The molecule has 5 heteroatoms. The quantitative estimate of drug-likeness (QED) is 0.904. The van der Waals surface area contributed by atoms with E-state index in [0.29, 0.717) is 12.0 Å². The third kappa shape index (κ3) is 4.52. The zero-order valence-electron chi connectivity index (χ0n) is 11.6. The fourth-order valence-electron chi connectivity index (χ4n) is 2.28. The molecule has 0 spiro atoms. The van der Waals surface area contributed by atoms with Crippen molar-refractivity contribution in [2.75, 3.05) is 13.1 Å². The SMILES string of the molecule is CC(CN1CCCC1=O)NCc1ccc(C#N)cc1.Cl. The molecule has 1 aromatic rings. The van der Waals surface area contributed by atoms with Crippen LogP contribution in [0.5, 0.6) is 0 Å². The molecule has 0 aromatic heterocycles. The summed E-state index contributed by atoms with van der Waals surface area (Å²) >= 11 is 0. The van der Waals surface area contributed by atoms with Gasteiger partial charge < -0.3 is 10.2 Å². The number of carbonyl (C=O) groups is 1. The van der Waals surface area contributed by atoms with Gasteiger partial charge in [-0.3, -0.25) is 4.79 Å². The molecule has 0 aliphatic carbocycles. The van der Waals surface area contributed by atoms with Gasteiger partial charge in [-0.25, -0.2) is 0 Å². The summed E-state index contributed by atoms with van der Waals surface area (Å²) in [4.78, 5) is 13.4. The van der Waals surface area contributed by atoms with E-state index in [1.54, 1.807) is 0 Å². The molecule has 1 fully saturated rings. The number of hydrogen-bond donors (Lipinski definition) is 1. The van der Waals surface area contributed by atoms with Gasteiger partial charge in [0.2, 0.25) is 5.91 Å². The van der Waals surface area contributed by atoms with Crippen molar-refractivity contribution < 1.29 is 4.79 Å². The van der Waals surface area contributed by atoms with Crippen LogP contribution >= 0.6 is 12.4 Å². The number of benzene rings is 1. The molecular weight excluding hydrogens is 274 g/mol. The van der Waals surface area contributed by atoms with Crippen LogP contribution in [0.15, 0.2) is 24.3 Å². The van der Waals surface area contributed by atoms with Gasteiger partial charge in [0.1, 0.15) is 0 Å². The van der Waals surface area contributed by atoms with Crippen LogP contribution in [0.1, 0.15) is 30.9 Å². The highest BCUT2D eigenvalue weighted by Gasteiger charge is 2.21. The molecule has 1 aliphatic heterocycles. The van der Waals surface area contributed by atoms with Crippen molar-refractivity contribution in [1.82, 2.24) is 10.2 Å². The minimum atomic E-state index is 0. The normalized spacial score (nSPS) is 15.6. The number of halogens is 1. The molecule has 1 atom stereocenters. The molecule has 108 valence electrons. The number of amides is 1. The largest absolute Gasteiger partial charge is 0.341 e. The first-order chi connectivity index (χ1) is 9.19. The fourth-order valence-corrected chi connectivity index (χ4v) is 2.28. The van der Waals surface area contributed by atoms with Crippen LogP contribution in [-0.4, -0.2) is 29.9 Å². The van der Waals surface area contributed by atoms with E-state index in [-0.39, 0.29) is 24.4 Å². The number of nitriles is 1. The number of hydrogen-bond acceptors (Lipinski definition) is 3. The highest BCUT2D eigenvalue weighted by atomic mass is 35.5. The molecule has 1 heterocycles. The molecule has 20 heavy (non-hydrogen) atoms. The average Bonchev–Trinajstić information content (AvgIpc) is 2.82. The predicted octanol–water partition coefficient (Wildman–Crippen LogP) is 2.08. The van der Waals surface area contributed by atoms with Crippen LogP contribution < -0.4 is 5.32 Å². The summed E-state index contributed by atoms with van der Waals surface area (Å²) < 4.78 is 0. The minimum absolute atomic E-state index is 0. The predicted molar refractivity (Wildman–Crippen MR) is 80.5 cm³/mol. The van der Waals surface area contributed by atoms with E-state index in [4.69, 9.17) is 5.26 Å². The molecule has 0 radical (unpaired) electrons. The second-order valence-corrected chi connectivity index (χ2v) is 5.03. The van der Waals surface area contributed by atoms with Crippen molar-refractivity contribution in [3.8, 4) is 6.07 Å². The smallest absolute Gasteiger partial charge is 0.222 e. The molecule has 1 amide bonds. The summed E-state index contributed by atoms with van der Waals surface area (Å²) in [7, 11) is 0. The Labute approximate surface area is 126 Å². The first-order valence-corrected chi connectivity index (χ1v) is 6.69. The molecule has 1 aromatic carbocycles. The van der Waals surface area contributed by atoms with Gasteiger partial charge in [-0.2, -0.15) is 5.26 Å².